The summed E-state index contributed by atoms with van der Waals surface area (Å²) in [6, 6.07) is 5.31. The Morgan fingerprint density at radius 1 is 1.47 bits per heavy atom. The molecule has 0 bridgehead atoms. The van der Waals surface area contributed by atoms with Crippen LogP contribution in [0.1, 0.15) is 19.4 Å². The average Bonchev–Trinajstić information content (AvgIpc) is 2.27. The molecule has 17 heavy (non-hydrogen) atoms. The lowest BCUT2D eigenvalue weighted by Crippen LogP contribution is -2.20. The topological polar surface area (TPSA) is 35.5 Å². The van der Waals surface area contributed by atoms with Gasteiger partial charge in [0.15, 0.2) is 0 Å². The first kappa shape index (κ1) is 12.0. The summed E-state index contributed by atoms with van der Waals surface area (Å²) in [6.07, 6.45) is 1.62. The molecular weight excluding hydrogens is 240 g/mol. The minimum absolute atomic E-state index is 0.135. The standard InChI is InChI=1S/C13H13ClO3/c1-8(2)17-13(15)10-5-9-6-11(14)3-4-12(9)16-7-10/h3-6,8H,7H2,1-2H3. The predicted molar refractivity (Wildman–Crippen MR) is 66.2 cm³/mol. The summed E-state index contributed by atoms with van der Waals surface area (Å²) in [5.74, 6) is 0.390. The quantitative estimate of drug-likeness (QED) is 0.759. The van der Waals surface area contributed by atoms with Gasteiger partial charge < -0.3 is 9.47 Å². The normalized spacial score (nSPS) is 13.8. The molecule has 0 fully saturated rings. The lowest BCUT2D eigenvalue weighted by atomic mass is 10.1. The molecule has 0 unspecified atom stereocenters. The molecule has 0 saturated carbocycles. The number of benzene rings is 1. The number of carbonyl (C=O) groups is 1. The summed E-state index contributed by atoms with van der Waals surface area (Å²) in [6.45, 7) is 3.86. The fourth-order valence-corrected chi connectivity index (χ4v) is 1.74. The van der Waals surface area contributed by atoms with E-state index in [0.29, 0.717) is 10.6 Å². The van der Waals surface area contributed by atoms with Crippen LogP contribution in [0.2, 0.25) is 5.02 Å². The highest BCUT2D eigenvalue weighted by Crippen LogP contribution is 2.29. The van der Waals surface area contributed by atoms with Crippen molar-refractivity contribution in [1.29, 1.82) is 0 Å². The van der Waals surface area contributed by atoms with Gasteiger partial charge in [-0.05, 0) is 38.1 Å². The lowest BCUT2D eigenvalue weighted by Gasteiger charge is -2.18. The SMILES string of the molecule is CC(C)OC(=O)C1=Cc2cc(Cl)ccc2OC1. The Morgan fingerprint density at radius 3 is 2.94 bits per heavy atom. The second-order valence-corrected chi connectivity index (χ2v) is 4.53. The molecule has 0 atom stereocenters. The monoisotopic (exact) mass is 252 g/mol. The van der Waals surface area contributed by atoms with Crippen LogP contribution in [-0.2, 0) is 9.53 Å². The van der Waals surface area contributed by atoms with Gasteiger partial charge in [-0.25, -0.2) is 4.79 Å². The minimum Gasteiger partial charge on any atom is -0.488 e. The zero-order valence-electron chi connectivity index (χ0n) is 9.70. The Labute approximate surface area is 105 Å². The van der Waals surface area contributed by atoms with E-state index in [0.717, 1.165) is 11.3 Å². The van der Waals surface area contributed by atoms with Crippen LogP contribution in [0.4, 0.5) is 0 Å². The van der Waals surface area contributed by atoms with Crippen molar-refractivity contribution in [3.63, 3.8) is 0 Å². The molecule has 1 aliphatic heterocycles. The average molecular weight is 253 g/mol. The van der Waals surface area contributed by atoms with E-state index in [2.05, 4.69) is 0 Å². The van der Waals surface area contributed by atoms with E-state index in [9.17, 15) is 4.79 Å². The molecule has 2 rings (SSSR count). The van der Waals surface area contributed by atoms with Gasteiger partial charge in [0.05, 0.1) is 11.7 Å². The molecule has 1 aromatic carbocycles. The van der Waals surface area contributed by atoms with Crippen molar-refractivity contribution in [2.45, 2.75) is 20.0 Å². The van der Waals surface area contributed by atoms with E-state index >= 15 is 0 Å². The molecule has 0 N–H and O–H groups in total. The van der Waals surface area contributed by atoms with Gasteiger partial charge in [-0.15, -0.1) is 0 Å². The second-order valence-electron chi connectivity index (χ2n) is 4.09. The number of ether oxygens (including phenoxy) is 2. The van der Waals surface area contributed by atoms with Gasteiger partial charge in [0.2, 0.25) is 0 Å². The fraction of sp³-hybridized carbons (Fsp3) is 0.308. The molecule has 0 radical (unpaired) electrons. The Balaban J connectivity index is 2.25. The minimum atomic E-state index is -0.342. The number of carbonyl (C=O) groups excluding carboxylic acids is 1. The van der Waals surface area contributed by atoms with Crippen LogP contribution in [0.25, 0.3) is 6.08 Å². The van der Waals surface area contributed by atoms with Gasteiger partial charge in [-0.1, -0.05) is 11.6 Å². The molecule has 4 heteroatoms. The van der Waals surface area contributed by atoms with Gasteiger partial charge in [0.25, 0.3) is 0 Å². The second kappa shape index (κ2) is 4.80. The lowest BCUT2D eigenvalue weighted by molar-refractivity contribution is -0.142. The highest BCUT2D eigenvalue weighted by molar-refractivity contribution is 6.30. The predicted octanol–water partition coefficient (Wildman–Crippen LogP) is 3.07. The molecule has 0 saturated heterocycles. The zero-order chi connectivity index (χ0) is 12.4. The van der Waals surface area contributed by atoms with Crippen molar-refractivity contribution >= 4 is 23.6 Å². The zero-order valence-corrected chi connectivity index (χ0v) is 10.5. The van der Waals surface area contributed by atoms with E-state index in [4.69, 9.17) is 21.1 Å². The van der Waals surface area contributed by atoms with Gasteiger partial charge in [0.1, 0.15) is 12.4 Å². The first-order valence-corrected chi connectivity index (χ1v) is 5.78. The first-order chi connectivity index (χ1) is 8.06. The highest BCUT2D eigenvalue weighted by Gasteiger charge is 2.19. The third kappa shape index (κ3) is 2.80. The Morgan fingerprint density at radius 2 is 2.24 bits per heavy atom. The van der Waals surface area contributed by atoms with Gasteiger partial charge in [-0.3, -0.25) is 0 Å². The van der Waals surface area contributed by atoms with Crippen molar-refractivity contribution in [3.05, 3.63) is 34.4 Å². The maximum absolute atomic E-state index is 11.7. The maximum atomic E-state index is 11.7. The molecule has 0 aliphatic carbocycles. The molecule has 3 nitrogen and oxygen atoms in total. The van der Waals surface area contributed by atoms with E-state index in [1.807, 2.05) is 13.8 Å². The number of esters is 1. The van der Waals surface area contributed by atoms with Crippen molar-refractivity contribution in [1.82, 2.24) is 0 Å². The van der Waals surface area contributed by atoms with Gasteiger partial charge >= 0.3 is 5.97 Å². The van der Waals surface area contributed by atoms with E-state index < -0.39 is 0 Å². The molecule has 1 aliphatic rings. The van der Waals surface area contributed by atoms with Crippen molar-refractivity contribution in [2.75, 3.05) is 6.61 Å². The summed E-state index contributed by atoms with van der Waals surface area (Å²) in [4.78, 5) is 11.7. The van der Waals surface area contributed by atoms with Crippen LogP contribution in [-0.4, -0.2) is 18.7 Å². The first-order valence-electron chi connectivity index (χ1n) is 5.40. The molecule has 0 spiro atoms. The number of halogens is 1. The van der Waals surface area contributed by atoms with Crippen LogP contribution in [0.5, 0.6) is 5.75 Å². The third-order valence-corrected chi connectivity index (χ3v) is 2.52. The smallest absolute Gasteiger partial charge is 0.337 e. The Kier molecular flexibility index (Phi) is 3.38. The van der Waals surface area contributed by atoms with Crippen molar-refractivity contribution < 1.29 is 14.3 Å². The Bertz CT molecular complexity index is 478. The number of fused-ring (bicyclic) bond motifs is 1. The third-order valence-electron chi connectivity index (χ3n) is 2.29. The molecule has 0 amide bonds. The number of hydrogen-bond donors (Lipinski definition) is 0. The van der Waals surface area contributed by atoms with Crippen LogP contribution in [0.15, 0.2) is 23.8 Å². The molecule has 1 aromatic rings. The van der Waals surface area contributed by atoms with Crippen LogP contribution in [0, 0.1) is 0 Å². The molecule has 90 valence electrons. The summed E-state index contributed by atoms with van der Waals surface area (Å²) >= 11 is 5.89. The summed E-state index contributed by atoms with van der Waals surface area (Å²) < 4.78 is 10.6. The summed E-state index contributed by atoms with van der Waals surface area (Å²) in [5, 5.41) is 0.613. The van der Waals surface area contributed by atoms with Gasteiger partial charge in [0, 0.05) is 10.6 Å². The maximum Gasteiger partial charge on any atom is 0.337 e. The molecule has 0 aromatic heterocycles. The van der Waals surface area contributed by atoms with Crippen LogP contribution < -0.4 is 4.74 Å². The fourth-order valence-electron chi connectivity index (χ4n) is 1.56. The molecule has 1 heterocycles. The number of rotatable bonds is 2. The number of hydrogen-bond acceptors (Lipinski definition) is 3. The van der Waals surface area contributed by atoms with E-state index in [-0.39, 0.29) is 18.7 Å². The largest absolute Gasteiger partial charge is 0.488 e. The summed E-state index contributed by atoms with van der Waals surface area (Å²) in [5.41, 5.74) is 1.31. The van der Waals surface area contributed by atoms with E-state index in [1.54, 1.807) is 24.3 Å². The van der Waals surface area contributed by atoms with Crippen LogP contribution in [0.3, 0.4) is 0 Å². The van der Waals surface area contributed by atoms with E-state index in [1.165, 1.54) is 0 Å². The Hall–Kier alpha value is -1.48. The summed E-state index contributed by atoms with van der Waals surface area (Å²) in [7, 11) is 0. The van der Waals surface area contributed by atoms with Gasteiger partial charge in [-0.2, -0.15) is 0 Å². The van der Waals surface area contributed by atoms with Crippen molar-refractivity contribution in [2.24, 2.45) is 0 Å². The highest BCUT2D eigenvalue weighted by atomic mass is 35.5. The molecular formula is C13H13ClO3. The van der Waals surface area contributed by atoms with Crippen LogP contribution >= 0.6 is 11.6 Å². The van der Waals surface area contributed by atoms with Crippen molar-refractivity contribution in [3.8, 4) is 5.75 Å².